The van der Waals surface area contributed by atoms with Gasteiger partial charge in [0, 0.05) is 25.7 Å². The van der Waals surface area contributed by atoms with Crippen LogP contribution in [-0.4, -0.2) is 96.7 Å². The van der Waals surface area contributed by atoms with Crippen molar-refractivity contribution < 1.29 is 80.2 Å². The molecular weight excluding hydrogens is 1210 g/mol. The van der Waals surface area contributed by atoms with Crippen LogP contribution in [0.3, 0.4) is 0 Å². The minimum atomic E-state index is -4.96. The summed E-state index contributed by atoms with van der Waals surface area (Å²) in [6, 6.07) is 0. The molecule has 0 aliphatic heterocycles. The highest BCUT2D eigenvalue weighted by molar-refractivity contribution is 7.47. The summed E-state index contributed by atoms with van der Waals surface area (Å²) in [6.07, 6.45) is 56.2. The van der Waals surface area contributed by atoms with E-state index < -0.39 is 97.5 Å². The van der Waals surface area contributed by atoms with Crippen LogP contribution in [0.1, 0.15) is 356 Å². The van der Waals surface area contributed by atoms with E-state index in [2.05, 4.69) is 58.9 Å². The smallest absolute Gasteiger partial charge is 0.462 e. The number of phosphoric ester groups is 2. The largest absolute Gasteiger partial charge is 0.472 e. The van der Waals surface area contributed by atoms with Crippen LogP contribution in [0.5, 0.6) is 0 Å². The lowest BCUT2D eigenvalue weighted by Crippen LogP contribution is -2.30. The molecule has 0 saturated carbocycles. The number of carbonyl (C=O) groups excluding carboxylic acids is 4. The van der Waals surface area contributed by atoms with E-state index >= 15 is 0 Å². The number of aliphatic hydroxyl groups excluding tert-OH is 1. The number of aliphatic hydroxyl groups is 1. The van der Waals surface area contributed by atoms with E-state index in [1.165, 1.54) is 161 Å². The molecule has 92 heavy (non-hydrogen) atoms. The van der Waals surface area contributed by atoms with Crippen LogP contribution in [0.2, 0.25) is 0 Å². The Labute approximate surface area is 561 Å². The highest BCUT2D eigenvalue weighted by Gasteiger charge is 2.30. The van der Waals surface area contributed by atoms with Crippen molar-refractivity contribution in [1.82, 2.24) is 0 Å². The summed E-state index contributed by atoms with van der Waals surface area (Å²) in [4.78, 5) is 72.6. The fourth-order valence-corrected chi connectivity index (χ4v) is 12.2. The number of ether oxygens (including phenoxy) is 4. The summed E-state index contributed by atoms with van der Waals surface area (Å²) in [6.45, 7) is 7.23. The van der Waals surface area contributed by atoms with Gasteiger partial charge in [0.15, 0.2) is 12.2 Å². The van der Waals surface area contributed by atoms with Crippen LogP contribution < -0.4 is 0 Å². The second-order valence-electron chi connectivity index (χ2n) is 25.9. The Balaban J connectivity index is 5.25. The molecule has 0 aliphatic rings. The highest BCUT2D eigenvalue weighted by Crippen LogP contribution is 2.45. The van der Waals surface area contributed by atoms with Crippen molar-refractivity contribution in [3.8, 4) is 0 Å². The minimum absolute atomic E-state index is 0.101. The van der Waals surface area contributed by atoms with Gasteiger partial charge in [-0.3, -0.25) is 37.3 Å². The van der Waals surface area contributed by atoms with Crippen molar-refractivity contribution in [1.29, 1.82) is 0 Å². The third kappa shape index (κ3) is 64.9. The second kappa shape index (κ2) is 65.8. The Morgan fingerprint density at radius 3 is 0.924 bits per heavy atom. The Bertz CT molecular complexity index is 1870. The van der Waals surface area contributed by atoms with Gasteiger partial charge < -0.3 is 33.8 Å². The van der Waals surface area contributed by atoms with Crippen molar-refractivity contribution in [2.24, 2.45) is 5.92 Å². The van der Waals surface area contributed by atoms with Crippen molar-refractivity contribution in [2.45, 2.75) is 374 Å². The molecule has 17 nitrogen and oxygen atoms in total. The molecule has 0 saturated heterocycles. The molecule has 0 fully saturated rings. The molecule has 0 heterocycles. The van der Waals surface area contributed by atoms with Gasteiger partial charge in [0.25, 0.3) is 0 Å². The van der Waals surface area contributed by atoms with Crippen molar-refractivity contribution in [2.75, 3.05) is 39.6 Å². The van der Waals surface area contributed by atoms with Gasteiger partial charge in [0.1, 0.15) is 19.3 Å². The van der Waals surface area contributed by atoms with Crippen LogP contribution >= 0.6 is 15.6 Å². The zero-order valence-corrected chi connectivity index (χ0v) is 61.0. The van der Waals surface area contributed by atoms with E-state index in [9.17, 15) is 43.2 Å². The van der Waals surface area contributed by atoms with Gasteiger partial charge in [0.05, 0.1) is 26.4 Å². The van der Waals surface area contributed by atoms with E-state index in [0.717, 1.165) is 115 Å². The zero-order valence-electron chi connectivity index (χ0n) is 59.2. The summed E-state index contributed by atoms with van der Waals surface area (Å²) in [5.41, 5.74) is 0. The summed E-state index contributed by atoms with van der Waals surface area (Å²) in [5, 5.41) is 10.6. The van der Waals surface area contributed by atoms with E-state index in [4.69, 9.17) is 37.0 Å². The maximum Gasteiger partial charge on any atom is 0.472 e. The molecule has 6 atom stereocenters. The Hall–Kier alpha value is -2.46. The Kier molecular flexibility index (Phi) is 64.0. The lowest BCUT2D eigenvalue weighted by molar-refractivity contribution is -0.161. The van der Waals surface area contributed by atoms with Gasteiger partial charge in [-0.15, -0.1) is 0 Å². The number of unbranched alkanes of at least 4 members (excludes halogenated alkanes) is 39. The monoisotopic (exact) mass is 1350 g/mol. The number of carbonyl (C=O) groups is 4. The second-order valence-corrected chi connectivity index (χ2v) is 28.8. The summed E-state index contributed by atoms with van der Waals surface area (Å²) in [7, 11) is -9.91. The van der Waals surface area contributed by atoms with Gasteiger partial charge in [-0.1, -0.05) is 303 Å². The third-order valence-electron chi connectivity index (χ3n) is 16.8. The van der Waals surface area contributed by atoms with Crippen LogP contribution in [0.15, 0.2) is 24.3 Å². The van der Waals surface area contributed by atoms with Crippen molar-refractivity contribution >= 4 is 39.5 Å². The normalized spacial score (nSPS) is 14.5. The number of rotatable bonds is 71. The topological polar surface area (TPSA) is 237 Å². The van der Waals surface area contributed by atoms with Gasteiger partial charge in [-0.05, 0) is 57.3 Å². The zero-order chi connectivity index (χ0) is 67.7. The number of hydrogen-bond acceptors (Lipinski definition) is 15. The van der Waals surface area contributed by atoms with Crippen LogP contribution in [0.4, 0.5) is 0 Å². The molecule has 0 aromatic heterocycles. The molecule has 0 aliphatic carbocycles. The first kappa shape index (κ1) is 89.5. The quantitative estimate of drug-likeness (QED) is 0.0169. The average Bonchev–Trinajstić information content (AvgIpc) is 1.69. The minimum Gasteiger partial charge on any atom is -0.462 e. The van der Waals surface area contributed by atoms with Crippen molar-refractivity contribution in [3.63, 3.8) is 0 Å². The molecule has 0 spiro atoms. The molecule has 0 bridgehead atoms. The Morgan fingerprint density at radius 2 is 0.609 bits per heavy atom. The number of hydrogen-bond donors (Lipinski definition) is 3. The SMILES string of the molecule is CCCCCC/C=C\C=C/CCCCCCCC(=O)OC[C@H](COP(=O)(O)OC[C@@H](O)COP(=O)(O)OC[C@@H](COC(=O)CCCCCCCCCCC)OC(=O)CCCCCCCCCCCC)OC(=O)CCCCCCCCCCCCCCCCC(C)CC. The maximum absolute atomic E-state index is 13.0. The molecule has 0 aromatic carbocycles. The maximum atomic E-state index is 13.0. The molecule has 19 heteroatoms. The fourth-order valence-electron chi connectivity index (χ4n) is 10.6. The molecule has 542 valence electrons. The summed E-state index contributed by atoms with van der Waals surface area (Å²) >= 11 is 0. The molecule has 3 unspecified atom stereocenters. The molecule has 0 radical (unpaired) electrons. The standard InChI is InChI=1S/C73H138O17P2/c1-6-10-13-16-19-22-24-25-26-30-33-38-42-47-52-57-71(76)84-63-69(90-73(78)59-54-49-44-39-34-31-28-27-29-32-36-40-45-50-55-66(5)9-4)65-88-92(81,82)86-61-67(74)60-85-91(79,80)87-64-68(62-83-70(75)56-51-46-41-35-21-18-15-12-8-3)89-72(77)58-53-48-43-37-23-20-17-14-11-7-2/h22,24-26,66-69,74H,6-21,23,27-65H2,1-5H3,(H,79,80)(H,81,82)/b24-22-,26-25-/t66?,67-,68+,69+/m0/s1. The van der Waals surface area contributed by atoms with Crippen molar-refractivity contribution in [3.05, 3.63) is 24.3 Å². The fraction of sp³-hybridized carbons (Fsp3) is 0.890. The van der Waals surface area contributed by atoms with Gasteiger partial charge in [0.2, 0.25) is 0 Å². The lowest BCUT2D eigenvalue weighted by Gasteiger charge is -2.21. The lowest BCUT2D eigenvalue weighted by atomic mass is 9.99. The average molecular weight is 1350 g/mol. The number of allylic oxidation sites excluding steroid dienone is 4. The van der Waals surface area contributed by atoms with Crippen LogP contribution in [0.25, 0.3) is 0 Å². The molecule has 0 amide bonds. The summed E-state index contributed by atoms with van der Waals surface area (Å²) < 4.78 is 68.3. The van der Waals surface area contributed by atoms with Gasteiger partial charge >= 0.3 is 39.5 Å². The molecule has 0 aromatic rings. The van der Waals surface area contributed by atoms with E-state index in [1.807, 2.05) is 0 Å². The number of esters is 4. The van der Waals surface area contributed by atoms with Gasteiger partial charge in [-0.2, -0.15) is 0 Å². The van der Waals surface area contributed by atoms with Crippen LogP contribution in [-0.2, 0) is 65.4 Å². The predicted molar refractivity (Wildman–Crippen MR) is 372 cm³/mol. The summed E-state index contributed by atoms with van der Waals surface area (Å²) in [5.74, 6) is -1.31. The van der Waals surface area contributed by atoms with Crippen LogP contribution in [0, 0.1) is 5.92 Å². The highest BCUT2D eigenvalue weighted by atomic mass is 31.2. The first-order valence-corrected chi connectivity index (χ1v) is 40.5. The van der Waals surface area contributed by atoms with Gasteiger partial charge in [-0.25, -0.2) is 9.13 Å². The molecule has 3 N–H and O–H groups in total. The molecule has 0 rings (SSSR count). The van der Waals surface area contributed by atoms with E-state index in [-0.39, 0.29) is 25.7 Å². The first-order valence-electron chi connectivity index (χ1n) is 37.5. The molecular formula is C73H138O17P2. The first-order chi connectivity index (χ1) is 44.6. The number of phosphoric acid groups is 2. The third-order valence-corrected chi connectivity index (χ3v) is 18.7. The predicted octanol–water partition coefficient (Wildman–Crippen LogP) is 20.9. The van der Waals surface area contributed by atoms with E-state index in [1.54, 1.807) is 0 Å². The van der Waals surface area contributed by atoms with E-state index in [0.29, 0.717) is 25.7 Å². The Morgan fingerprint density at radius 1 is 0.348 bits per heavy atom.